The average Bonchev–Trinajstić information content (AvgIpc) is 3.10. The molecule has 2 aliphatic carbocycles. The normalized spacial score (nSPS) is 28.5. The molecule has 2 atom stereocenters. The first-order valence-electron chi connectivity index (χ1n) is 9.25. The van der Waals surface area contributed by atoms with Gasteiger partial charge in [-0.1, -0.05) is 50.6 Å². The lowest BCUT2D eigenvalue weighted by Crippen LogP contribution is -2.32. The van der Waals surface area contributed by atoms with Crippen LogP contribution in [0.25, 0.3) is 5.69 Å². The first-order chi connectivity index (χ1) is 12.3. The van der Waals surface area contributed by atoms with E-state index >= 15 is 0 Å². The van der Waals surface area contributed by atoms with Crippen molar-refractivity contribution in [3.05, 3.63) is 46.7 Å². The largest absolute Gasteiger partial charge is 0.221 e. The van der Waals surface area contributed by atoms with Crippen LogP contribution in [0.3, 0.4) is 0 Å². The second-order valence-electron chi connectivity index (χ2n) is 8.32. The van der Waals surface area contributed by atoms with Gasteiger partial charge < -0.3 is 0 Å². The fourth-order valence-corrected chi connectivity index (χ4v) is 4.95. The minimum Gasteiger partial charge on any atom is -0.221 e. The van der Waals surface area contributed by atoms with Crippen LogP contribution in [0.1, 0.15) is 51.3 Å². The third kappa shape index (κ3) is 2.46. The van der Waals surface area contributed by atoms with Crippen LogP contribution in [0.15, 0.2) is 40.5 Å². The summed E-state index contributed by atoms with van der Waals surface area (Å²) in [5, 5.41) is 14.1. The molecule has 0 saturated heterocycles. The predicted octanol–water partition coefficient (Wildman–Crippen LogP) is 5.46. The smallest absolute Gasteiger partial charge is 0.142 e. The SMILES string of the molecule is Cc1nn(-c2ccccc2)c(Cl)c1/C=N\N=C1\C[C@H]2CC[C@]1(C)C2(C)C. The summed E-state index contributed by atoms with van der Waals surface area (Å²) in [6.07, 6.45) is 5.34. The monoisotopic (exact) mass is 368 g/mol. The van der Waals surface area contributed by atoms with Gasteiger partial charge in [-0.15, -0.1) is 0 Å². The fourth-order valence-electron chi connectivity index (χ4n) is 4.63. The van der Waals surface area contributed by atoms with E-state index in [0.717, 1.165) is 29.3 Å². The number of benzene rings is 1. The zero-order chi connectivity index (χ0) is 18.5. The average molecular weight is 369 g/mol. The van der Waals surface area contributed by atoms with Gasteiger partial charge >= 0.3 is 0 Å². The van der Waals surface area contributed by atoms with E-state index in [2.05, 4.69) is 36.1 Å². The van der Waals surface area contributed by atoms with Gasteiger partial charge in [0.05, 0.1) is 23.2 Å². The van der Waals surface area contributed by atoms with Crippen molar-refractivity contribution in [2.24, 2.45) is 27.0 Å². The van der Waals surface area contributed by atoms with Gasteiger partial charge in [-0.3, -0.25) is 0 Å². The maximum atomic E-state index is 6.56. The molecule has 1 heterocycles. The topological polar surface area (TPSA) is 42.5 Å². The van der Waals surface area contributed by atoms with Crippen molar-refractivity contribution in [3.63, 3.8) is 0 Å². The van der Waals surface area contributed by atoms with E-state index < -0.39 is 0 Å². The van der Waals surface area contributed by atoms with Crippen molar-refractivity contribution in [1.29, 1.82) is 0 Å². The molecule has 2 saturated carbocycles. The number of rotatable bonds is 3. The maximum absolute atomic E-state index is 6.56. The highest BCUT2D eigenvalue weighted by molar-refractivity contribution is 6.32. The molecule has 26 heavy (non-hydrogen) atoms. The molecule has 2 aromatic rings. The number of aromatic nitrogens is 2. The lowest BCUT2D eigenvalue weighted by molar-refractivity contribution is 0.194. The summed E-state index contributed by atoms with van der Waals surface area (Å²) in [6, 6.07) is 9.89. The third-order valence-corrected chi connectivity index (χ3v) is 7.29. The van der Waals surface area contributed by atoms with Gasteiger partial charge in [0.25, 0.3) is 0 Å². The highest BCUT2D eigenvalue weighted by Gasteiger charge is 2.59. The van der Waals surface area contributed by atoms with Crippen LogP contribution in [0.5, 0.6) is 0 Å². The van der Waals surface area contributed by atoms with Gasteiger partial charge in [0, 0.05) is 11.1 Å². The maximum Gasteiger partial charge on any atom is 0.142 e. The molecule has 2 fully saturated rings. The Hall–Kier alpha value is -1.94. The van der Waals surface area contributed by atoms with Crippen LogP contribution >= 0.6 is 11.6 Å². The van der Waals surface area contributed by atoms with Crippen LogP contribution < -0.4 is 0 Å². The number of hydrogen-bond donors (Lipinski definition) is 0. The summed E-state index contributed by atoms with van der Waals surface area (Å²) in [5.41, 5.74) is 4.33. The number of halogens is 1. The number of fused-ring (bicyclic) bond motifs is 2. The van der Waals surface area contributed by atoms with Gasteiger partial charge in [-0.25, -0.2) is 4.68 Å². The molecular weight excluding hydrogens is 344 g/mol. The molecule has 0 aliphatic heterocycles. The van der Waals surface area contributed by atoms with Gasteiger partial charge in [0.2, 0.25) is 0 Å². The molecule has 1 aromatic carbocycles. The van der Waals surface area contributed by atoms with Crippen LogP contribution in [0.2, 0.25) is 5.15 Å². The lowest BCUT2D eigenvalue weighted by Gasteiger charge is -2.34. The van der Waals surface area contributed by atoms with Crippen LogP contribution in [-0.4, -0.2) is 21.7 Å². The fraction of sp³-hybridized carbons (Fsp3) is 0.476. The van der Waals surface area contributed by atoms with E-state index in [-0.39, 0.29) is 5.41 Å². The third-order valence-electron chi connectivity index (χ3n) is 6.93. The summed E-state index contributed by atoms with van der Waals surface area (Å²) >= 11 is 6.56. The summed E-state index contributed by atoms with van der Waals surface area (Å²) in [4.78, 5) is 0. The molecule has 0 spiro atoms. The minimum atomic E-state index is 0.169. The second kappa shape index (κ2) is 6.05. The zero-order valence-corrected chi connectivity index (χ0v) is 16.6. The Kier molecular flexibility index (Phi) is 4.07. The van der Waals surface area contributed by atoms with Crippen molar-refractivity contribution < 1.29 is 0 Å². The molecule has 0 amide bonds. The minimum absolute atomic E-state index is 0.169. The number of nitrogens with zero attached hydrogens (tertiary/aromatic N) is 4. The Labute approximate surface area is 160 Å². The van der Waals surface area contributed by atoms with E-state index in [1.54, 1.807) is 10.9 Å². The molecule has 2 aliphatic rings. The zero-order valence-electron chi connectivity index (χ0n) is 15.8. The van der Waals surface area contributed by atoms with Gasteiger partial charge in [0.1, 0.15) is 5.15 Å². The molecule has 2 bridgehead atoms. The second-order valence-corrected chi connectivity index (χ2v) is 8.68. The van der Waals surface area contributed by atoms with E-state index in [1.807, 2.05) is 37.3 Å². The summed E-state index contributed by atoms with van der Waals surface area (Å²) in [6.45, 7) is 9.05. The highest BCUT2D eigenvalue weighted by Crippen LogP contribution is 2.63. The Morgan fingerprint density at radius 3 is 2.58 bits per heavy atom. The van der Waals surface area contributed by atoms with E-state index in [9.17, 15) is 0 Å². The first-order valence-corrected chi connectivity index (χ1v) is 9.63. The first kappa shape index (κ1) is 17.5. The van der Waals surface area contributed by atoms with Crippen LogP contribution in [0, 0.1) is 23.7 Å². The molecule has 4 nitrogen and oxygen atoms in total. The standard InChI is InChI=1S/C21H25ClN4/c1-14-17(19(22)26(25-14)16-8-6-5-7-9-16)13-23-24-18-12-15-10-11-21(18,4)20(15,2)3/h5-9,13,15H,10-12H2,1-4H3/b23-13-,24-18-/t15-,21+/m1/s1. The Balaban J connectivity index is 1.62. The van der Waals surface area contributed by atoms with Crippen molar-refractivity contribution in [2.45, 2.75) is 47.0 Å². The molecular formula is C21H25ClN4. The number of para-hydroxylation sites is 1. The van der Waals surface area contributed by atoms with Crippen molar-refractivity contribution in [3.8, 4) is 5.69 Å². The van der Waals surface area contributed by atoms with E-state index in [4.69, 9.17) is 11.6 Å². The van der Waals surface area contributed by atoms with E-state index in [0.29, 0.717) is 10.6 Å². The number of aryl methyl sites for hydroxylation is 1. The van der Waals surface area contributed by atoms with Gasteiger partial charge in [0.15, 0.2) is 0 Å². The summed E-state index contributed by atoms with van der Waals surface area (Å²) in [7, 11) is 0. The molecule has 0 unspecified atom stereocenters. The Morgan fingerprint density at radius 1 is 1.23 bits per heavy atom. The highest BCUT2D eigenvalue weighted by atomic mass is 35.5. The Morgan fingerprint density at radius 2 is 1.96 bits per heavy atom. The van der Waals surface area contributed by atoms with Crippen LogP contribution in [0.4, 0.5) is 0 Å². The summed E-state index contributed by atoms with van der Waals surface area (Å²) in [5.74, 6) is 0.729. The molecule has 1 aromatic heterocycles. The summed E-state index contributed by atoms with van der Waals surface area (Å²) < 4.78 is 1.74. The molecule has 136 valence electrons. The molecule has 4 rings (SSSR count). The Bertz CT molecular complexity index is 894. The van der Waals surface area contributed by atoms with Crippen LogP contribution in [-0.2, 0) is 0 Å². The predicted molar refractivity (Wildman–Crippen MR) is 108 cm³/mol. The number of hydrogen-bond acceptors (Lipinski definition) is 3. The van der Waals surface area contributed by atoms with Crippen molar-refractivity contribution >= 4 is 23.5 Å². The van der Waals surface area contributed by atoms with Crippen molar-refractivity contribution in [2.75, 3.05) is 0 Å². The molecule has 0 N–H and O–H groups in total. The molecule has 5 heteroatoms. The quantitative estimate of drug-likeness (QED) is 0.524. The van der Waals surface area contributed by atoms with Gasteiger partial charge in [-0.2, -0.15) is 15.3 Å². The van der Waals surface area contributed by atoms with E-state index in [1.165, 1.54) is 18.6 Å². The molecule has 0 radical (unpaired) electrons. The lowest BCUT2D eigenvalue weighted by atomic mass is 9.70. The van der Waals surface area contributed by atoms with Crippen molar-refractivity contribution in [1.82, 2.24) is 9.78 Å². The van der Waals surface area contributed by atoms with Gasteiger partial charge in [-0.05, 0) is 49.7 Å².